The second kappa shape index (κ2) is 10.8. The van der Waals surface area contributed by atoms with Gasteiger partial charge in [0.25, 0.3) is 0 Å². The quantitative estimate of drug-likeness (QED) is 0.207. The third-order valence-electron chi connectivity index (χ3n) is 6.83. The van der Waals surface area contributed by atoms with Gasteiger partial charge < -0.3 is 14.6 Å². The number of alkyl halides is 3. The first kappa shape index (κ1) is 30.3. The van der Waals surface area contributed by atoms with Crippen LogP contribution in [-0.4, -0.2) is 29.6 Å². The van der Waals surface area contributed by atoms with Crippen molar-refractivity contribution in [1.82, 2.24) is 4.98 Å². The molecule has 2 atom stereocenters. The number of rotatable bonds is 7. The monoisotopic (exact) mass is 648 g/mol. The van der Waals surface area contributed by atoms with E-state index in [4.69, 9.17) is 21.1 Å². The van der Waals surface area contributed by atoms with Crippen molar-refractivity contribution in [2.45, 2.75) is 44.1 Å². The number of nitrogens with zero attached hydrogens (tertiary/aromatic N) is 1. The maximum absolute atomic E-state index is 13.5. The summed E-state index contributed by atoms with van der Waals surface area (Å²) in [6.45, 7) is 3.46. The van der Waals surface area contributed by atoms with E-state index in [1.165, 1.54) is 16.9 Å². The van der Waals surface area contributed by atoms with Crippen molar-refractivity contribution in [3.63, 3.8) is 0 Å². The molecule has 224 valence electrons. The number of benzene rings is 3. The molecule has 0 fully saturated rings. The molecule has 42 heavy (non-hydrogen) atoms. The Morgan fingerprint density at radius 1 is 1.12 bits per heavy atom. The Morgan fingerprint density at radius 3 is 2.55 bits per heavy atom. The van der Waals surface area contributed by atoms with Gasteiger partial charge in [-0.15, -0.1) is 11.3 Å². The number of nitrogens with one attached hydrogen (secondary N) is 1. The van der Waals surface area contributed by atoms with Gasteiger partial charge in [0.15, 0.2) is 11.6 Å². The van der Waals surface area contributed by atoms with Crippen molar-refractivity contribution >= 4 is 48.9 Å². The van der Waals surface area contributed by atoms with Gasteiger partial charge in [-0.25, -0.2) is 13.8 Å². The van der Waals surface area contributed by atoms with Crippen molar-refractivity contribution < 1.29 is 45.0 Å². The summed E-state index contributed by atoms with van der Waals surface area (Å²) in [4.78, 5) is 4.26. The molecule has 2 N–H and O–H groups in total. The molecular formula is C27H22ClF5N2O5S2. The summed E-state index contributed by atoms with van der Waals surface area (Å²) in [5.74, 6) is -1.90. The van der Waals surface area contributed by atoms with E-state index < -0.39 is 44.8 Å². The zero-order valence-corrected chi connectivity index (χ0v) is 24.2. The molecule has 0 aliphatic carbocycles. The van der Waals surface area contributed by atoms with Crippen LogP contribution in [0.15, 0.2) is 48.5 Å². The van der Waals surface area contributed by atoms with Crippen LogP contribution >= 0.6 is 22.9 Å². The van der Waals surface area contributed by atoms with Gasteiger partial charge in [-0.3, -0.25) is 4.72 Å². The zero-order chi connectivity index (χ0) is 30.6. The van der Waals surface area contributed by atoms with Gasteiger partial charge in [-0.1, -0.05) is 11.6 Å². The zero-order valence-electron chi connectivity index (χ0n) is 21.8. The fourth-order valence-electron chi connectivity index (χ4n) is 4.68. The third-order valence-corrected chi connectivity index (χ3v) is 9.30. The summed E-state index contributed by atoms with van der Waals surface area (Å²) in [6, 6.07) is 10.4. The highest BCUT2D eigenvalue weighted by atomic mass is 35.5. The lowest BCUT2D eigenvalue weighted by Crippen LogP contribution is -2.45. The molecule has 5 rings (SSSR count). The van der Waals surface area contributed by atoms with Crippen molar-refractivity contribution in [1.29, 1.82) is 0 Å². The van der Waals surface area contributed by atoms with Gasteiger partial charge in [0.2, 0.25) is 0 Å². The van der Waals surface area contributed by atoms with Crippen molar-refractivity contribution in [3.05, 3.63) is 81.3 Å². The molecule has 0 bridgehead atoms. The fraction of sp³-hybridized carbons (Fsp3) is 0.296. The summed E-state index contributed by atoms with van der Waals surface area (Å²) < 4.78 is 103. The number of aliphatic hydroxyl groups is 1. The molecule has 1 aliphatic rings. The lowest BCUT2D eigenvalue weighted by Gasteiger charge is -2.43. The number of halogens is 6. The minimum atomic E-state index is -5.65. The first-order valence-electron chi connectivity index (χ1n) is 12.3. The highest BCUT2D eigenvalue weighted by Gasteiger charge is 2.46. The van der Waals surface area contributed by atoms with Gasteiger partial charge in [-0.05, 0) is 68.3 Å². The molecule has 1 aromatic heterocycles. The van der Waals surface area contributed by atoms with Gasteiger partial charge in [0, 0.05) is 28.3 Å². The molecule has 0 saturated carbocycles. The standard InChI is InChI=1S/C27H22ClF5N2O5S2/c1-26(2)17(8-13-7-14(3-5-18(13)28)35-42(37,38)27(31,32)33)25(36)16-9-15(4-6-22(16)40-26)39-12-24-34-21-10-19(29)20(30)11-23(21)41-24/h3-7,9-11,17,25,35-36H,8,12H2,1-2H3. The van der Waals surface area contributed by atoms with Gasteiger partial charge >= 0.3 is 15.5 Å². The number of ether oxygens (including phenoxy) is 2. The largest absolute Gasteiger partial charge is 0.516 e. The number of anilines is 1. The summed E-state index contributed by atoms with van der Waals surface area (Å²) in [5.41, 5.74) is -5.84. The predicted molar refractivity (Wildman–Crippen MR) is 147 cm³/mol. The van der Waals surface area contributed by atoms with E-state index in [0.29, 0.717) is 37.9 Å². The Balaban J connectivity index is 1.36. The molecule has 15 heteroatoms. The maximum atomic E-state index is 13.5. The molecular weight excluding hydrogens is 627 g/mol. The number of aliphatic hydroxyl groups excluding tert-OH is 1. The number of sulfonamides is 1. The Labute approximate surface area is 245 Å². The number of thiazole rings is 1. The Kier molecular flexibility index (Phi) is 7.79. The number of fused-ring (bicyclic) bond motifs is 2. The molecule has 0 saturated heterocycles. The highest BCUT2D eigenvalue weighted by Crippen LogP contribution is 2.47. The van der Waals surface area contributed by atoms with Gasteiger partial charge in [0.05, 0.1) is 16.3 Å². The van der Waals surface area contributed by atoms with E-state index in [-0.39, 0.29) is 23.7 Å². The van der Waals surface area contributed by atoms with Crippen LogP contribution in [0.4, 0.5) is 27.6 Å². The summed E-state index contributed by atoms with van der Waals surface area (Å²) >= 11 is 7.44. The normalized spacial score (nSPS) is 18.4. The first-order chi connectivity index (χ1) is 19.5. The topological polar surface area (TPSA) is 97.8 Å². The van der Waals surface area contributed by atoms with Crippen LogP contribution in [0.25, 0.3) is 10.2 Å². The van der Waals surface area contributed by atoms with E-state index in [1.54, 1.807) is 32.0 Å². The molecule has 1 aliphatic heterocycles. The van der Waals surface area contributed by atoms with E-state index >= 15 is 0 Å². The van der Waals surface area contributed by atoms with Crippen LogP contribution in [-0.2, 0) is 23.1 Å². The second-order valence-corrected chi connectivity index (χ2v) is 13.3. The Hall–Kier alpha value is -3.20. The van der Waals surface area contributed by atoms with Gasteiger partial charge in [0.1, 0.15) is 28.7 Å². The molecule has 0 amide bonds. The maximum Gasteiger partial charge on any atom is 0.516 e. The number of aromatic nitrogens is 1. The SMILES string of the molecule is CC1(C)Oc2ccc(OCc3nc4cc(F)c(F)cc4s3)cc2C(O)C1Cc1cc(NS(=O)(=O)C(F)(F)F)ccc1Cl. The fourth-order valence-corrected chi connectivity index (χ4v) is 6.31. The van der Waals surface area contributed by atoms with Crippen molar-refractivity contribution in [2.75, 3.05) is 4.72 Å². The molecule has 2 heterocycles. The van der Waals surface area contributed by atoms with Crippen LogP contribution in [0, 0.1) is 17.6 Å². The lowest BCUT2D eigenvalue weighted by molar-refractivity contribution is -0.0536. The smallest absolute Gasteiger partial charge is 0.487 e. The highest BCUT2D eigenvalue weighted by molar-refractivity contribution is 7.93. The molecule has 4 aromatic rings. The lowest BCUT2D eigenvalue weighted by atomic mass is 9.76. The molecule has 3 aromatic carbocycles. The molecule has 7 nitrogen and oxygen atoms in total. The Morgan fingerprint density at radius 2 is 1.83 bits per heavy atom. The molecule has 0 radical (unpaired) electrons. The first-order valence-corrected chi connectivity index (χ1v) is 15.0. The predicted octanol–water partition coefficient (Wildman–Crippen LogP) is 7.13. The molecule has 2 unspecified atom stereocenters. The minimum Gasteiger partial charge on any atom is -0.487 e. The van der Waals surface area contributed by atoms with E-state index in [1.807, 2.05) is 0 Å². The molecule has 0 spiro atoms. The third kappa shape index (κ3) is 5.98. The van der Waals surface area contributed by atoms with Crippen LogP contribution in [0.2, 0.25) is 5.02 Å². The van der Waals surface area contributed by atoms with Crippen LogP contribution < -0.4 is 14.2 Å². The summed E-state index contributed by atoms with van der Waals surface area (Å²) in [7, 11) is -5.65. The minimum absolute atomic E-state index is 0.0104. The van der Waals surface area contributed by atoms with Gasteiger partial charge in [-0.2, -0.15) is 21.6 Å². The van der Waals surface area contributed by atoms with Crippen LogP contribution in [0.3, 0.4) is 0 Å². The Bertz CT molecular complexity index is 1740. The number of hydrogen-bond donors (Lipinski definition) is 2. The second-order valence-electron chi connectivity index (χ2n) is 10.1. The van der Waals surface area contributed by atoms with Crippen molar-refractivity contribution in [2.24, 2.45) is 5.92 Å². The van der Waals surface area contributed by atoms with Crippen LogP contribution in [0.5, 0.6) is 11.5 Å². The summed E-state index contributed by atoms with van der Waals surface area (Å²) in [6.07, 6.45) is -1.11. The average Bonchev–Trinajstić information content (AvgIpc) is 3.27. The number of hydrogen-bond acceptors (Lipinski definition) is 7. The summed E-state index contributed by atoms with van der Waals surface area (Å²) in [5, 5.41) is 12.0. The van der Waals surface area contributed by atoms with Crippen LogP contribution in [0.1, 0.15) is 36.1 Å². The average molecular weight is 649 g/mol. The van der Waals surface area contributed by atoms with E-state index in [2.05, 4.69) is 4.98 Å². The van der Waals surface area contributed by atoms with E-state index in [0.717, 1.165) is 29.5 Å². The van der Waals surface area contributed by atoms with E-state index in [9.17, 15) is 35.5 Å². The van der Waals surface area contributed by atoms with Crippen molar-refractivity contribution in [3.8, 4) is 11.5 Å².